The van der Waals surface area contributed by atoms with E-state index in [1.807, 2.05) is 24.3 Å². The largest absolute Gasteiger partial charge is 0.353 e. The number of benzene rings is 1. The van der Waals surface area contributed by atoms with Gasteiger partial charge in [-0.15, -0.1) is 0 Å². The molecule has 25 heavy (non-hydrogen) atoms. The van der Waals surface area contributed by atoms with Gasteiger partial charge in [0.25, 0.3) is 0 Å². The number of rotatable bonds is 5. The van der Waals surface area contributed by atoms with Gasteiger partial charge in [0, 0.05) is 19.0 Å². The lowest BCUT2D eigenvalue weighted by atomic mass is 10.0. The lowest BCUT2D eigenvalue weighted by molar-refractivity contribution is -0.121. The summed E-state index contributed by atoms with van der Waals surface area (Å²) < 4.78 is 27.0. The Kier molecular flexibility index (Phi) is 5.99. The minimum atomic E-state index is -3.47. The molecule has 1 aromatic rings. The normalized spacial score (nSPS) is 19.1. The van der Waals surface area contributed by atoms with Crippen molar-refractivity contribution in [1.29, 1.82) is 0 Å². The van der Waals surface area contributed by atoms with Crippen molar-refractivity contribution in [1.82, 2.24) is 5.32 Å². The van der Waals surface area contributed by atoms with Gasteiger partial charge in [0.05, 0.1) is 11.4 Å². The maximum Gasteiger partial charge on any atom is 0.235 e. The highest BCUT2D eigenvalue weighted by Gasteiger charge is 2.28. The third kappa shape index (κ3) is 4.75. The molecule has 1 amide bonds. The number of carbonyl (C=O) groups is 1. The first-order valence-electron chi connectivity index (χ1n) is 9.44. The predicted octanol–water partition coefficient (Wildman–Crippen LogP) is 3.00. The highest BCUT2D eigenvalue weighted by Crippen LogP contribution is 2.29. The van der Waals surface area contributed by atoms with E-state index in [4.69, 9.17) is 0 Å². The van der Waals surface area contributed by atoms with Crippen molar-refractivity contribution < 1.29 is 13.2 Å². The second-order valence-electron chi connectivity index (χ2n) is 7.13. The van der Waals surface area contributed by atoms with Gasteiger partial charge in [-0.2, -0.15) is 0 Å². The van der Waals surface area contributed by atoms with Crippen LogP contribution in [0.15, 0.2) is 24.3 Å². The maximum absolute atomic E-state index is 12.7. The van der Waals surface area contributed by atoms with Crippen LogP contribution in [0.2, 0.25) is 0 Å². The first kappa shape index (κ1) is 18.2. The van der Waals surface area contributed by atoms with Crippen molar-refractivity contribution in [2.45, 2.75) is 63.8 Å². The van der Waals surface area contributed by atoms with Gasteiger partial charge in [-0.25, -0.2) is 8.42 Å². The van der Waals surface area contributed by atoms with Crippen LogP contribution in [0.3, 0.4) is 0 Å². The van der Waals surface area contributed by atoms with E-state index in [1.54, 1.807) is 0 Å². The summed E-state index contributed by atoms with van der Waals surface area (Å²) in [5.41, 5.74) is 1.85. The summed E-state index contributed by atoms with van der Waals surface area (Å²) in [4.78, 5) is 12.2. The van der Waals surface area contributed by atoms with Gasteiger partial charge in [-0.3, -0.25) is 9.10 Å². The van der Waals surface area contributed by atoms with Crippen LogP contribution in [0.25, 0.3) is 0 Å². The first-order valence-corrected chi connectivity index (χ1v) is 11.0. The Bertz CT molecular complexity index is 694. The second kappa shape index (κ2) is 8.21. The monoisotopic (exact) mass is 364 g/mol. The Morgan fingerprint density at radius 3 is 2.56 bits per heavy atom. The molecule has 1 aromatic carbocycles. The van der Waals surface area contributed by atoms with Gasteiger partial charge in [0.2, 0.25) is 15.9 Å². The number of hydrogen-bond donors (Lipinski definition) is 1. The fourth-order valence-corrected chi connectivity index (χ4v) is 5.39. The number of nitrogens with one attached hydrogen (secondary N) is 1. The molecule has 2 aliphatic rings. The average molecular weight is 365 g/mol. The molecule has 3 rings (SSSR count). The number of aryl methyl sites for hydroxylation is 1. The Balaban J connectivity index is 1.58. The van der Waals surface area contributed by atoms with E-state index in [0.29, 0.717) is 6.54 Å². The van der Waals surface area contributed by atoms with Crippen LogP contribution >= 0.6 is 0 Å². The zero-order valence-electron chi connectivity index (χ0n) is 14.7. The van der Waals surface area contributed by atoms with Crippen LogP contribution in [0, 0.1) is 0 Å². The molecule has 5 nitrogen and oxygen atoms in total. The summed E-state index contributed by atoms with van der Waals surface area (Å²) in [5, 5.41) is 3.03. The van der Waals surface area contributed by atoms with Crippen LogP contribution in [-0.4, -0.2) is 32.7 Å². The number of carbonyl (C=O) groups excluding carboxylic acids is 1. The standard InChI is InChI=1S/C19H28N2O3S/c22-19(20-17-10-3-1-2-4-11-17)13-15-25(23,24)21-14-7-9-16-8-5-6-12-18(16)21/h5-6,8,12,17H,1-4,7,9-11,13-15H2,(H,20,22). The minimum absolute atomic E-state index is 0.0392. The van der Waals surface area contributed by atoms with Crippen molar-refractivity contribution in [3.05, 3.63) is 29.8 Å². The quantitative estimate of drug-likeness (QED) is 0.817. The molecule has 0 saturated heterocycles. The van der Waals surface area contributed by atoms with Crippen molar-refractivity contribution >= 4 is 21.6 Å². The molecule has 0 radical (unpaired) electrons. The molecule has 1 N–H and O–H groups in total. The molecular formula is C19H28N2O3S. The van der Waals surface area contributed by atoms with E-state index in [2.05, 4.69) is 5.32 Å². The van der Waals surface area contributed by atoms with Crippen molar-refractivity contribution in [3.63, 3.8) is 0 Å². The number of anilines is 1. The van der Waals surface area contributed by atoms with Crippen molar-refractivity contribution in [2.24, 2.45) is 0 Å². The molecule has 1 heterocycles. The summed E-state index contributed by atoms with van der Waals surface area (Å²) >= 11 is 0. The fourth-order valence-electron chi connectivity index (χ4n) is 3.84. The van der Waals surface area contributed by atoms with E-state index in [0.717, 1.165) is 49.8 Å². The van der Waals surface area contributed by atoms with Gasteiger partial charge in [0.1, 0.15) is 0 Å². The van der Waals surface area contributed by atoms with Crippen LogP contribution in [0.5, 0.6) is 0 Å². The molecule has 0 atom stereocenters. The Hall–Kier alpha value is -1.56. The summed E-state index contributed by atoms with van der Waals surface area (Å²) in [6, 6.07) is 7.86. The topological polar surface area (TPSA) is 66.5 Å². The van der Waals surface area contributed by atoms with Crippen LogP contribution in [0.1, 0.15) is 56.9 Å². The van der Waals surface area contributed by atoms with Gasteiger partial charge in [0.15, 0.2) is 0 Å². The van der Waals surface area contributed by atoms with E-state index in [-0.39, 0.29) is 24.1 Å². The average Bonchev–Trinajstić information content (AvgIpc) is 2.88. The van der Waals surface area contributed by atoms with E-state index in [9.17, 15) is 13.2 Å². The number of hydrogen-bond acceptors (Lipinski definition) is 3. The van der Waals surface area contributed by atoms with Crippen molar-refractivity contribution in [3.8, 4) is 0 Å². The van der Waals surface area contributed by atoms with E-state index >= 15 is 0 Å². The SMILES string of the molecule is O=C(CCS(=O)(=O)N1CCCc2ccccc21)NC1CCCCCC1. The lowest BCUT2D eigenvalue weighted by Gasteiger charge is -2.30. The Morgan fingerprint density at radius 2 is 1.80 bits per heavy atom. The number of fused-ring (bicyclic) bond motifs is 1. The summed E-state index contributed by atoms with van der Waals surface area (Å²) in [7, 11) is -3.47. The zero-order valence-corrected chi connectivity index (χ0v) is 15.6. The molecule has 6 heteroatoms. The molecule has 1 saturated carbocycles. The molecule has 0 unspecified atom stereocenters. The first-order chi connectivity index (χ1) is 12.1. The highest BCUT2D eigenvalue weighted by molar-refractivity contribution is 7.92. The van der Waals surface area contributed by atoms with Crippen LogP contribution < -0.4 is 9.62 Å². The molecular weight excluding hydrogens is 336 g/mol. The van der Waals surface area contributed by atoms with Crippen molar-refractivity contribution in [2.75, 3.05) is 16.6 Å². The number of para-hydroxylation sites is 1. The van der Waals surface area contributed by atoms with Gasteiger partial charge in [-0.05, 0) is 37.3 Å². The summed E-state index contributed by atoms with van der Waals surface area (Å²) in [5.74, 6) is -0.263. The Morgan fingerprint density at radius 1 is 1.08 bits per heavy atom. The number of amides is 1. The lowest BCUT2D eigenvalue weighted by Crippen LogP contribution is -2.40. The van der Waals surface area contributed by atoms with Gasteiger partial charge in [-0.1, -0.05) is 43.9 Å². The molecule has 138 valence electrons. The summed E-state index contributed by atoms with van der Waals surface area (Å²) in [6.45, 7) is 0.504. The third-order valence-corrected chi connectivity index (χ3v) is 6.98. The third-order valence-electron chi connectivity index (χ3n) is 5.21. The molecule has 0 spiro atoms. The molecule has 0 bridgehead atoms. The summed E-state index contributed by atoms with van der Waals surface area (Å²) in [6.07, 6.45) is 8.55. The number of sulfonamides is 1. The van der Waals surface area contributed by atoms with E-state index < -0.39 is 10.0 Å². The van der Waals surface area contributed by atoms with E-state index in [1.165, 1.54) is 17.1 Å². The van der Waals surface area contributed by atoms with Gasteiger partial charge >= 0.3 is 0 Å². The second-order valence-corrected chi connectivity index (χ2v) is 9.14. The number of nitrogens with zero attached hydrogens (tertiary/aromatic N) is 1. The smallest absolute Gasteiger partial charge is 0.235 e. The Labute approximate surface area is 150 Å². The van der Waals surface area contributed by atoms with Gasteiger partial charge < -0.3 is 5.32 Å². The highest BCUT2D eigenvalue weighted by atomic mass is 32.2. The minimum Gasteiger partial charge on any atom is -0.353 e. The molecule has 1 aliphatic carbocycles. The maximum atomic E-state index is 12.7. The fraction of sp³-hybridized carbons (Fsp3) is 0.632. The molecule has 1 fully saturated rings. The predicted molar refractivity (Wildman–Crippen MR) is 100 cm³/mol. The van der Waals surface area contributed by atoms with Crippen LogP contribution in [0.4, 0.5) is 5.69 Å². The van der Waals surface area contributed by atoms with Crippen LogP contribution in [-0.2, 0) is 21.2 Å². The molecule has 0 aromatic heterocycles. The molecule has 1 aliphatic heterocycles. The zero-order chi connectivity index (χ0) is 17.7.